The summed E-state index contributed by atoms with van der Waals surface area (Å²) in [4.78, 5) is 0. The molecule has 0 aromatic heterocycles. The van der Waals surface area contributed by atoms with Crippen molar-refractivity contribution in [1.82, 2.24) is 0 Å². The molecular weight excluding hydrogens is 282 g/mol. The average Bonchev–Trinajstić information content (AvgIpc) is 2.25. The van der Waals surface area contributed by atoms with Crippen LogP contribution in [0.3, 0.4) is 0 Å². The lowest BCUT2D eigenvalue weighted by molar-refractivity contribution is 0.181. The number of aliphatic hydroxyl groups excluding tert-OH is 1. The lowest BCUT2D eigenvalue weighted by Crippen LogP contribution is -2.16. The smallest absolute Gasteiger partial charge is 0.138 e. The molecule has 4 heteroatoms. The van der Waals surface area contributed by atoms with Gasteiger partial charge in [0.05, 0.1) is 17.7 Å². The van der Waals surface area contributed by atoms with Gasteiger partial charge in [0.1, 0.15) is 5.75 Å². The Labute approximate surface area is 111 Å². The Morgan fingerprint density at radius 3 is 2.41 bits per heavy atom. The van der Waals surface area contributed by atoms with Gasteiger partial charge in [0, 0.05) is 12.1 Å². The van der Waals surface area contributed by atoms with Crippen molar-refractivity contribution in [2.45, 2.75) is 32.3 Å². The molecule has 0 heterocycles. The van der Waals surface area contributed by atoms with E-state index in [0.29, 0.717) is 5.75 Å². The number of benzene rings is 1. The maximum Gasteiger partial charge on any atom is 0.138 e. The first-order chi connectivity index (χ1) is 7.81. The molecule has 0 saturated heterocycles. The number of nitrogens with two attached hydrogens (primary N) is 1. The van der Waals surface area contributed by atoms with Crippen molar-refractivity contribution in [2.75, 3.05) is 13.7 Å². The van der Waals surface area contributed by atoms with E-state index in [-0.39, 0.29) is 12.0 Å². The highest BCUT2D eigenvalue weighted by Crippen LogP contribution is 2.37. The zero-order chi connectivity index (χ0) is 13.2. The molecule has 1 unspecified atom stereocenters. The Balaban J connectivity index is 3.39. The topological polar surface area (TPSA) is 55.5 Å². The van der Waals surface area contributed by atoms with Crippen molar-refractivity contribution in [3.8, 4) is 5.75 Å². The molecule has 0 aliphatic carbocycles. The van der Waals surface area contributed by atoms with Crippen molar-refractivity contribution in [2.24, 2.45) is 5.73 Å². The maximum absolute atomic E-state index is 9.93. The van der Waals surface area contributed by atoms with E-state index in [4.69, 9.17) is 10.5 Å². The first-order valence-electron chi connectivity index (χ1n) is 5.57. The molecule has 3 N–H and O–H groups in total. The molecular formula is C13H20BrNO2. The Morgan fingerprint density at radius 1 is 1.41 bits per heavy atom. The van der Waals surface area contributed by atoms with Crippen LogP contribution in [0.1, 0.15) is 38.0 Å². The largest absolute Gasteiger partial charge is 0.495 e. The van der Waals surface area contributed by atoms with E-state index >= 15 is 0 Å². The average molecular weight is 302 g/mol. The van der Waals surface area contributed by atoms with Crippen LogP contribution < -0.4 is 10.5 Å². The maximum atomic E-state index is 9.93. The third-order valence-electron chi connectivity index (χ3n) is 2.72. The third-order valence-corrected chi connectivity index (χ3v) is 3.31. The van der Waals surface area contributed by atoms with E-state index in [1.165, 1.54) is 0 Å². The molecule has 0 radical (unpaired) electrons. The normalized spacial score (nSPS) is 13.6. The molecule has 1 rings (SSSR count). The second-order valence-corrected chi connectivity index (χ2v) is 5.94. The van der Waals surface area contributed by atoms with E-state index in [9.17, 15) is 5.11 Å². The van der Waals surface area contributed by atoms with Crippen molar-refractivity contribution in [3.63, 3.8) is 0 Å². The van der Waals surface area contributed by atoms with Crippen molar-refractivity contribution in [3.05, 3.63) is 27.7 Å². The lowest BCUT2D eigenvalue weighted by atomic mass is 9.85. The van der Waals surface area contributed by atoms with Gasteiger partial charge in [0.2, 0.25) is 0 Å². The van der Waals surface area contributed by atoms with Crippen molar-refractivity contribution in [1.29, 1.82) is 0 Å². The summed E-state index contributed by atoms with van der Waals surface area (Å²) in [6.45, 7) is 6.55. The highest BCUT2D eigenvalue weighted by Gasteiger charge is 2.21. The van der Waals surface area contributed by atoms with Gasteiger partial charge in [0.15, 0.2) is 0 Å². The fourth-order valence-electron chi connectivity index (χ4n) is 1.64. The van der Waals surface area contributed by atoms with Crippen molar-refractivity contribution >= 4 is 15.9 Å². The second-order valence-electron chi connectivity index (χ2n) is 5.08. The predicted molar refractivity (Wildman–Crippen MR) is 73.4 cm³/mol. The molecule has 0 amide bonds. The Hall–Kier alpha value is -0.580. The third kappa shape index (κ3) is 3.21. The lowest BCUT2D eigenvalue weighted by Gasteiger charge is -2.23. The zero-order valence-electron chi connectivity index (χ0n) is 10.7. The number of halogens is 1. The Kier molecular flexibility index (Phi) is 4.58. The minimum absolute atomic E-state index is 0.0118. The van der Waals surface area contributed by atoms with Crippen molar-refractivity contribution < 1.29 is 9.84 Å². The number of aliphatic hydroxyl groups is 1. The number of hydrogen-bond donors (Lipinski definition) is 2. The Morgan fingerprint density at radius 2 is 2.00 bits per heavy atom. The van der Waals surface area contributed by atoms with E-state index in [1.54, 1.807) is 7.11 Å². The van der Waals surface area contributed by atoms with E-state index in [1.807, 2.05) is 12.1 Å². The van der Waals surface area contributed by atoms with Gasteiger partial charge in [-0.25, -0.2) is 0 Å². The summed E-state index contributed by atoms with van der Waals surface area (Å²) in [5.41, 5.74) is 7.39. The van der Waals surface area contributed by atoms with Gasteiger partial charge >= 0.3 is 0 Å². The first kappa shape index (κ1) is 14.5. The molecule has 96 valence electrons. The molecule has 0 spiro atoms. The van der Waals surface area contributed by atoms with Crippen LogP contribution in [0.2, 0.25) is 0 Å². The highest BCUT2D eigenvalue weighted by atomic mass is 79.9. The summed E-state index contributed by atoms with van der Waals surface area (Å²) in [5, 5.41) is 9.93. The molecule has 0 bridgehead atoms. The SMILES string of the molecule is COc1c(Br)cc(C(C)(C)C)cc1C(O)CN. The monoisotopic (exact) mass is 301 g/mol. The Bertz CT molecular complexity index is 399. The minimum atomic E-state index is -0.705. The fraction of sp³-hybridized carbons (Fsp3) is 0.538. The number of rotatable bonds is 3. The van der Waals surface area contributed by atoms with Crippen LogP contribution >= 0.6 is 15.9 Å². The van der Waals surface area contributed by atoms with E-state index < -0.39 is 6.10 Å². The predicted octanol–water partition coefficient (Wildman–Crippen LogP) is 2.75. The molecule has 3 nitrogen and oxygen atoms in total. The summed E-state index contributed by atoms with van der Waals surface area (Å²) in [6.07, 6.45) is -0.705. The van der Waals surface area contributed by atoms with Gasteiger partial charge in [0.25, 0.3) is 0 Å². The standard InChI is InChI=1S/C13H20BrNO2/c1-13(2,3)8-5-9(11(16)7-15)12(17-4)10(14)6-8/h5-6,11,16H,7,15H2,1-4H3. The van der Waals surface area contributed by atoms with Crippen LogP contribution in [-0.2, 0) is 5.41 Å². The quantitative estimate of drug-likeness (QED) is 0.902. The molecule has 0 aliphatic heterocycles. The van der Waals surface area contributed by atoms with Gasteiger partial charge in [-0.05, 0) is 39.0 Å². The summed E-state index contributed by atoms with van der Waals surface area (Å²) in [6, 6.07) is 3.98. The van der Waals surface area contributed by atoms with Gasteiger partial charge in [-0.1, -0.05) is 20.8 Å². The first-order valence-corrected chi connectivity index (χ1v) is 6.36. The summed E-state index contributed by atoms with van der Waals surface area (Å²) < 4.78 is 6.15. The molecule has 1 atom stereocenters. The van der Waals surface area contributed by atoms with Gasteiger partial charge in [-0.3, -0.25) is 0 Å². The number of hydrogen-bond acceptors (Lipinski definition) is 3. The number of methoxy groups -OCH3 is 1. The molecule has 0 saturated carbocycles. The highest BCUT2D eigenvalue weighted by molar-refractivity contribution is 9.10. The molecule has 17 heavy (non-hydrogen) atoms. The fourth-order valence-corrected chi connectivity index (χ4v) is 2.27. The second kappa shape index (κ2) is 5.38. The van der Waals surface area contributed by atoms with Gasteiger partial charge in [-0.2, -0.15) is 0 Å². The zero-order valence-corrected chi connectivity index (χ0v) is 12.3. The summed E-state index contributed by atoms with van der Waals surface area (Å²) in [7, 11) is 1.59. The van der Waals surface area contributed by atoms with E-state index in [2.05, 4.69) is 36.7 Å². The molecule has 0 aliphatic rings. The summed E-state index contributed by atoms with van der Waals surface area (Å²) >= 11 is 3.47. The number of ether oxygens (including phenoxy) is 1. The van der Waals surface area contributed by atoms with Crippen LogP contribution in [0, 0.1) is 0 Å². The van der Waals surface area contributed by atoms with Crippen LogP contribution in [0.25, 0.3) is 0 Å². The van der Waals surface area contributed by atoms with Crippen LogP contribution in [0.4, 0.5) is 0 Å². The van der Waals surface area contributed by atoms with Crippen LogP contribution in [0.15, 0.2) is 16.6 Å². The summed E-state index contributed by atoms with van der Waals surface area (Å²) in [5.74, 6) is 0.649. The minimum Gasteiger partial charge on any atom is -0.495 e. The molecule has 1 aromatic rings. The van der Waals surface area contributed by atoms with Gasteiger partial charge < -0.3 is 15.6 Å². The molecule has 1 aromatic carbocycles. The molecule has 0 fully saturated rings. The van der Waals surface area contributed by atoms with Crippen LogP contribution in [-0.4, -0.2) is 18.8 Å². The van der Waals surface area contributed by atoms with E-state index in [0.717, 1.165) is 15.6 Å². The van der Waals surface area contributed by atoms with Gasteiger partial charge in [-0.15, -0.1) is 0 Å². The van der Waals surface area contributed by atoms with Crippen LogP contribution in [0.5, 0.6) is 5.75 Å².